The molecule has 0 heterocycles. The summed E-state index contributed by atoms with van der Waals surface area (Å²) in [6.07, 6.45) is -4.42. The maximum absolute atomic E-state index is 12.9. The van der Waals surface area contributed by atoms with E-state index in [0.717, 1.165) is 12.1 Å². The molecule has 0 saturated carbocycles. The molecule has 0 atom stereocenters. The molecule has 3 aromatic rings. The van der Waals surface area contributed by atoms with Crippen molar-refractivity contribution in [1.82, 2.24) is 0 Å². The number of para-hydroxylation sites is 1. The van der Waals surface area contributed by atoms with E-state index in [2.05, 4.69) is 5.32 Å². The van der Waals surface area contributed by atoms with Crippen molar-refractivity contribution in [1.29, 1.82) is 0 Å². The van der Waals surface area contributed by atoms with Crippen molar-refractivity contribution in [2.45, 2.75) is 6.18 Å². The van der Waals surface area contributed by atoms with E-state index < -0.39 is 11.7 Å². The SMILES string of the molecule is O=C(c1ccccc1)c1ccccc1Nc1cccc(C(F)(F)F)c1. The van der Waals surface area contributed by atoms with E-state index in [4.69, 9.17) is 0 Å². The minimum atomic E-state index is -4.42. The van der Waals surface area contributed by atoms with Gasteiger partial charge in [-0.1, -0.05) is 48.5 Å². The minimum Gasteiger partial charge on any atom is -0.355 e. The maximum Gasteiger partial charge on any atom is 0.416 e. The number of ketones is 1. The van der Waals surface area contributed by atoms with Gasteiger partial charge in [0.2, 0.25) is 0 Å². The molecule has 2 nitrogen and oxygen atoms in total. The average Bonchev–Trinajstić information content (AvgIpc) is 2.62. The van der Waals surface area contributed by atoms with Gasteiger partial charge < -0.3 is 5.32 Å². The molecular formula is C20H14F3NO. The third-order valence-corrected chi connectivity index (χ3v) is 3.68. The van der Waals surface area contributed by atoms with Crippen molar-refractivity contribution in [3.05, 3.63) is 95.6 Å². The van der Waals surface area contributed by atoms with Crippen LogP contribution in [0.15, 0.2) is 78.9 Å². The summed E-state index contributed by atoms with van der Waals surface area (Å²) in [6.45, 7) is 0. The predicted molar refractivity (Wildman–Crippen MR) is 91.0 cm³/mol. The molecule has 0 unspecified atom stereocenters. The van der Waals surface area contributed by atoms with E-state index in [1.54, 1.807) is 48.5 Å². The Labute approximate surface area is 142 Å². The molecule has 0 saturated heterocycles. The van der Waals surface area contributed by atoms with E-state index in [-0.39, 0.29) is 11.5 Å². The third-order valence-electron chi connectivity index (χ3n) is 3.68. The van der Waals surface area contributed by atoms with E-state index in [1.165, 1.54) is 12.1 Å². The highest BCUT2D eigenvalue weighted by atomic mass is 19.4. The van der Waals surface area contributed by atoms with E-state index in [9.17, 15) is 18.0 Å². The van der Waals surface area contributed by atoms with E-state index >= 15 is 0 Å². The van der Waals surface area contributed by atoms with Crippen molar-refractivity contribution < 1.29 is 18.0 Å². The molecule has 25 heavy (non-hydrogen) atoms. The van der Waals surface area contributed by atoms with Gasteiger partial charge in [-0.05, 0) is 30.3 Å². The summed E-state index contributed by atoms with van der Waals surface area (Å²) in [5.74, 6) is -0.198. The van der Waals surface area contributed by atoms with Gasteiger partial charge in [-0.15, -0.1) is 0 Å². The Bertz CT molecular complexity index is 889. The van der Waals surface area contributed by atoms with Crippen LogP contribution in [0.5, 0.6) is 0 Å². The quantitative estimate of drug-likeness (QED) is 0.619. The van der Waals surface area contributed by atoms with Crippen LogP contribution >= 0.6 is 0 Å². The first-order valence-corrected chi connectivity index (χ1v) is 7.58. The number of rotatable bonds is 4. The summed E-state index contributed by atoms with van der Waals surface area (Å²) < 4.78 is 38.6. The second-order valence-electron chi connectivity index (χ2n) is 5.44. The van der Waals surface area contributed by atoms with Crippen molar-refractivity contribution in [3.8, 4) is 0 Å². The van der Waals surface area contributed by atoms with Crippen LogP contribution < -0.4 is 5.32 Å². The number of alkyl halides is 3. The Hall–Kier alpha value is -3.08. The molecule has 0 amide bonds. The van der Waals surface area contributed by atoms with E-state index in [0.29, 0.717) is 16.8 Å². The first-order valence-electron chi connectivity index (χ1n) is 7.58. The molecule has 1 N–H and O–H groups in total. The zero-order valence-corrected chi connectivity index (χ0v) is 13.0. The van der Waals surface area contributed by atoms with Gasteiger partial charge in [0.15, 0.2) is 5.78 Å². The number of hydrogen-bond donors (Lipinski definition) is 1. The largest absolute Gasteiger partial charge is 0.416 e. The highest BCUT2D eigenvalue weighted by Gasteiger charge is 2.30. The number of hydrogen-bond acceptors (Lipinski definition) is 2. The molecule has 0 spiro atoms. The second-order valence-corrected chi connectivity index (χ2v) is 5.44. The van der Waals surface area contributed by atoms with Crippen LogP contribution in [0.1, 0.15) is 21.5 Å². The first-order chi connectivity index (χ1) is 11.9. The van der Waals surface area contributed by atoms with Crippen LogP contribution in [-0.4, -0.2) is 5.78 Å². The molecule has 0 bridgehead atoms. The van der Waals surface area contributed by atoms with Crippen LogP contribution in [0, 0.1) is 0 Å². The fourth-order valence-electron chi connectivity index (χ4n) is 2.46. The number of nitrogens with one attached hydrogen (secondary N) is 1. The van der Waals surface area contributed by atoms with E-state index in [1.807, 2.05) is 6.07 Å². The van der Waals surface area contributed by atoms with Crippen LogP contribution in [0.4, 0.5) is 24.5 Å². The molecule has 0 aromatic heterocycles. The summed E-state index contributed by atoms with van der Waals surface area (Å²) in [6, 6.07) is 20.3. The number of carbonyl (C=O) groups excluding carboxylic acids is 1. The fraction of sp³-hybridized carbons (Fsp3) is 0.0500. The van der Waals surface area contributed by atoms with Gasteiger partial charge in [0, 0.05) is 22.5 Å². The Kier molecular flexibility index (Phi) is 4.57. The zero-order valence-electron chi connectivity index (χ0n) is 13.0. The minimum absolute atomic E-state index is 0.198. The van der Waals surface area contributed by atoms with Gasteiger partial charge >= 0.3 is 6.18 Å². The van der Waals surface area contributed by atoms with Gasteiger partial charge in [-0.3, -0.25) is 4.79 Å². The lowest BCUT2D eigenvalue weighted by molar-refractivity contribution is -0.137. The lowest BCUT2D eigenvalue weighted by atomic mass is 10.0. The highest BCUT2D eigenvalue weighted by Crippen LogP contribution is 2.32. The standard InChI is InChI=1S/C20H14F3NO/c21-20(22,23)15-9-6-10-16(13-15)24-18-12-5-4-11-17(18)19(25)14-7-2-1-3-8-14/h1-13,24H. The molecule has 126 valence electrons. The van der Waals surface area contributed by atoms with Crippen molar-refractivity contribution >= 4 is 17.2 Å². The van der Waals surface area contributed by atoms with Crippen molar-refractivity contribution in [2.24, 2.45) is 0 Å². The Morgan fingerprint density at radius 1 is 0.800 bits per heavy atom. The lowest BCUT2D eigenvalue weighted by Crippen LogP contribution is -2.07. The van der Waals surface area contributed by atoms with Gasteiger partial charge in [0.05, 0.1) is 5.56 Å². The molecule has 0 radical (unpaired) electrons. The Morgan fingerprint density at radius 3 is 2.20 bits per heavy atom. The smallest absolute Gasteiger partial charge is 0.355 e. The monoisotopic (exact) mass is 341 g/mol. The fourth-order valence-corrected chi connectivity index (χ4v) is 2.46. The summed E-state index contributed by atoms with van der Waals surface area (Å²) in [7, 11) is 0. The third kappa shape index (κ3) is 3.88. The maximum atomic E-state index is 12.9. The number of carbonyl (C=O) groups is 1. The first kappa shape index (κ1) is 16.8. The number of benzene rings is 3. The summed E-state index contributed by atoms with van der Waals surface area (Å²) in [5.41, 5.74) is 0.884. The molecule has 3 rings (SSSR count). The molecule has 5 heteroatoms. The van der Waals surface area contributed by atoms with Crippen LogP contribution in [0.2, 0.25) is 0 Å². The number of halogens is 3. The van der Waals surface area contributed by atoms with Gasteiger partial charge in [0.25, 0.3) is 0 Å². The van der Waals surface area contributed by atoms with Gasteiger partial charge in [-0.25, -0.2) is 0 Å². The average molecular weight is 341 g/mol. The Morgan fingerprint density at radius 2 is 1.48 bits per heavy atom. The second kappa shape index (κ2) is 6.81. The van der Waals surface area contributed by atoms with Crippen molar-refractivity contribution in [2.75, 3.05) is 5.32 Å². The van der Waals surface area contributed by atoms with Gasteiger partial charge in [0.1, 0.15) is 0 Å². The molecule has 0 fully saturated rings. The molecule has 0 aliphatic rings. The van der Waals surface area contributed by atoms with Gasteiger partial charge in [-0.2, -0.15) is 13.2 Å². The highest BCUT2D eigenvalue weighted by molar-refractivity contribution is 6.12. The zero-order chi connectivity index (χ0) is 17.9. The molecule has 0 aliphatic heterocycles. The normalized spacial score (nSPS) is 11.2. The predicted octanol–water partition coefficient (Wildman–Crippen LogP) is 5.68. The van der Waals surface area contributed by atoms with Crippen molar-refractivity contribution in [3.63, 3.8) is 0 Å². The lowest BCUT2D eigenvalue weighted by Gasteiger charge is -2.13. The molecular weight excluding hydrogens is 327 g/mol. The summed E-state index contributed by atoms with van der Waals surface area (Å²) in [4.78, 5) is 12.7. The summed E-state index contributed by atoms with van der Waals surface area (Å²) in [5, 5.41) is 2.91. The summed E-state index contributed by atoms with van der Waals surface area (Å²) >= 11 is 0. The van der Waals surface area contributed by atoms with Crippen LogP contribution in [0.25, 0.3) is 0 Å². The number of anilines is 2. The van der Waals surface area contributed by atoms with Crippen LogP contribution in [0.3, 0.4) is 0 Å². The Balaban J connectivity index is 1.94. The molecule has 3 aromatic carbocycles. The topological polar surface area (TPSA) is 29.1 Å². The van der Waals surface area contributed by atoms with Crippen LogP contribution in [-0.2, 0) is 6.18 Å². The molecule has 0 aliphatic carbocycles.